The summed E-state index contributed by atoms with van der Waals surface area (Å²) in [6.45, 7) is 5.67. The van der Waals surface area contributed by atoms with Gasteiger partial charge in [0.05, 0.1) is 0 Å². The Labute approximate surface area is 86.0 Å². The molecule has 0 amide bonds. The van der Waals surface area contributed by atoms with Crippen molar-refractivity contribution in [2.75, 3.05) is 0 Å². The van der Waals surface area contributed by atoms with E-state index in [4.69, 9.17) is 10.5 Å². The van der Waals surface area contributed by atoms with Gasteiger partial charge in [-0.15, -0.1) is 0 Å². The van der Waals surface area contributed by atoms with Gasteiger partial charge in [0.15, 0.2) is 0 Å². The predicted molar refractivity (Wildman–Crippen MR) is 55.8 cm³/mol. The second-order valence-corrected chi connectivity index (χ2v) is 5.15. The molecule has 0 heterocycles. The summed E-state index contributed by atoms with van der Waals surface area (Å²) in [5, 5.41) is 0. The Kier molecular flexibility index (Phi) is 3.53. The fraction of sp³-hybridized carbons (Fsp3) is 0.909. The van der Waals surface area contributed by atoms with Crippen LogP contribution in [0.25, 0.3) is 0 Å². The number of esters is 1. The normalized spacial score (nSPS) is 27.7. The van der Waals surface area contributed by atoms with Gasteiger partial charge >= 0.3 is 5.97 Å². The third-order valence-electron chi connectivity index (χ3n) is 2.57. The van der Waals surface area contributed by atoms with Crippen molar-refractivity contribution in [1.29, 1.82) is 0 Å². The smallest absolute Gasteiger partial charge is 0.306 e. The lowest BCUT2D eigenvalue weighted by atomic mass is 10.0. The number of nitrogens with two attached hydrogens (primary N) is 1. The molecule has 0 bridgehead atoms. The maximum atomic E-state index is 11.5. The van der Waals surface area contributed by atoms with Crippen LogP contribution in [0.15, 0.2) is 0 Å². The highest BCUT2D eigenvalue weighted by Crippen LogP contribution is 2.27. The molecule has 0 spiro atoms. The lowest BCUT2D eigenvalue weighted by molar-refractivity contribution is -0.156. The van der Waals surface area contributed by atoms with Crippen molar-refractivity contribution in [3.8, 4) is 0 Å². The highest BCUT2D eigenvalue weighted by atomic mass is 16.6. The Morgan fingerprint density at radius 1 is 1.43 bits per heavy atom. The van der Waals surface area contributed by atoms with Crippen molar-refractivity contribution in [2.45, 2.75) is 58.1 Å². The summed E-state index contributed by atoms with van der Waals surface area (Å²) < 4.78 is 5.25. The van der Waals surface area contributed by atoms with Crippen LogP contribution in [0.1, 0.15) is 46.5 Å². The van der Waals surface area contributed by atoms with Crippen molar-refractivity contribution in [2.24, 2.45) is 11.7 Å². The minimum absolute atomic E-state index is 0.111. The maximum absolute atomic E-state index is 11.5. The number of carbonyl (C=O) groups excluding carboxylic acids is 1. The Hall–Kier alpha value is -0.570. The molecule has 14 heavy (non-hydrogen) atoms. The second-order valence-electron chi connectivity index (χ2n) is 5.15. The molecule has 0 aromatic rings. The average Bonchev–Trinajstić information content (AvgIpc) is 2.32. The van der Waals surface area contributed by atoms with E-state index >= 15 is 0 Å². The molecule has 0 aliphatic heterocycles. The third-order valence-corrected chi connectivity index (χ3v) is 2.57. The lowest BCUT2D eigenvalue weighted by Crippen LogP contribution is -2.30. The van der Waals surface area contributed by atoms with Crippen LogP contribution in [0.3, 0.4) is 0 Å². The molecule has 1 aliphatic rings. The fourth-order valence-electron chi connectivity index (χ4n) is 1.92. The summed E-state index contributed by atoms with van der Waals surface area (Å²) in [7, 11) is 0. The molecule has 3 heteroatoms. The van der Waals surface area contributed by atoms with Gasteiger partial charge in [0.2, 0.25) is 0 Å². The zero-order chi connectivity index (χ0) is 10.8. The largest absolute Gasteiger partial charge is 0.460 e. The summed E-state index contributed by atoms with van der Waals surface area (Å²) in [5.41, 5.74) is 5.51. The van der Waals surface area contributed by atoms with Gasteiger partial charge < -0.3 is 10.5 Å². The summed E-state index contributed by atoms with van der Waals surface area (Å²) in [4.78, 5) is 11.5. The van der Waals surface area contributed by atoms with Crippen molar-refractivity contribution >= 4 is 5.97 Å². The number of hydrogen-bond acceptors (Lipinski definition) is 3. The van der Waals surface area contributed by atoms with Crippen molar-refractivity contribution in [3.63, 3.8) is 0 Å². The molecule has 0 aromatic carbocycles. The highest BCUT2D eigenvalue weighted by molar-refractivity contribution is 5.70. The van der Waals surface area contributed by atoms with E-state index in [2.05, 4.69) is 0 Å². The van der Waals surface area contributed by atoms with Gasteiger partial charge in [0, 0.05) is 12.5 Å². The van der Waals surface area contributed by atoms with Gasteiger partial charge in [-0.3, -0.25) is 4.79 Å². The Balaban J connectivity index is 2.33. The van der Waals surface area contributed by atoms with Crippen molar-refractivity contribution in [3.05, 3.63) is 0 Å². The summed E-state index contributed by atoms with van der Waals surface area (Å²) in [6.07, 6.45) is 3.75. The van der Waals surface area contributed by atoms with E-state index in [1.165, 1.54) is 0 Å². The first kappa shape index (κ1) is 11.5. The van der Waals surface area contributed by atoms with Gasteiger partial charge in [-0.2, -0.15) is 0 Å². The van der Waals surface area contributed by atoms with Crippen LogP contribution in [0.4, 0.5) is 0 Å². The number of carbonyl (C=O) groups is 1. The van der Waals surface area contributed by atoms with E-state index in [0.29, 0.717) is 12.3 Å². The molecule has 0 saturated heterocycles. The Morgan fingerprint density at radius 3 is 2.50 bits per heavy atom. The highest BCUT2D eigenvalue weighted by Gasteiger charge is 2.28. The second kappa shape index (κ2) is 4.30. The quantitative estimate of drug-likeness (QED) is 0.690. The Morgan fingerprint density at radius 2 is 2.07 bits per heavy atom. The van der Waals surface area contributed by atoms with E-state index in [0.717, 1.165) is 19.3 Å². The van der Waals surface area contributed by atoms with Gasteiger partial charge in [-0.05, 0) is 39.5 Å². The van der Waals surface area contributed by atoms with Gasteiger partial charge in [0.1, 0.15) is 5.60 Å². The van der Waals surface area contributed by atoms with E-state index in [-0.39, 0.29) is 17.6 Å². The minimum Gasteiger partial charge on any atom is -0.460 e. The molecule has 1 rings (SSSR count). The molecule has 1 aliphatic carbocycles. The van der Waals surface area contributed by atoms with Crippen LogP contribution in [-0.4, -0.2) is 17.6 Å². The summed E-state index contributed by atoms with van der Waals surface area (Å²) in [5.74, 6) is 0.227. The minimum atomic E-state index is -0.375. The van der Waals surface area contributed by atoms with Gasteiger partial charge in [-0.1, -0.05) is 6.42 Å². The van der Waals surface area contributed by atoms with Crippen molar-refractivity contribution in [1.82, 2.24) is 0 Å². The van der Waals surface area contributed by atoms with E-state index in [9.17, 15) is 4.79 Å². The number of hydrogen-bond donors (Lipinski definition) is 1. The molecule has 2 N–H and O–H groups in total. The standard InChI is InChI=1S/C11H21NO2/c1-11(2,3)14-10(13)7-8-5-4-6-9(8)12/h8-9H,4-7,12H2,1-3H3/t8-,9-/m0/s1. The van der Waals surface area contributed by atoms with Crippen LogP contribution in [0.5, 0.6) is 0 Å². The molecular weight excluding hydrogens is 178 g/mol. The zero-order valence-corrected chi connectivity index (χ0v) is 9.38. The molecule has 0 unspecified atom stereocenters. The molecule has 0 aromatic heterocycles. The average molecular weight is 199 g/mol. The first-order chi connectivity index (χ1) is 6.38. The van der Waals surface area contributed by atoms with Crippen LogP contribution >= 0.6 is 0 Å². The van der Waals surface area contributed by atoms with Gasteiger partial charge in [0.25, 0.3) is 0 Å². The zero-order valence-electron chi connectivity index (χ0n) is 9.38. The number of ether oxygens (including phenoxy) is 1. The van der Waals surface area contributed by atoms with Gasteiger partial charge in [-0.25, -0.2) is 0 Å². The van der Waals surface area contributed by atoms with Crippen LogP contribution in [0, 0.1) is 5.92 Å². The topological polar surface area (TPSA) is 52.3 Å². The molecular formula is C11H21NO2. The van der Waals surface area contributed by atoms with Crippen LogP contribution < -0.4 is 5.73 Å². The van der Waals surface area contributed by atoms with Crippen LogP contribution in [0.2, 0.25) is 0 Å². The molecule has 1 saturated carbocycles. The van der Waals surface area contributed by atoms with E-state index in [1.807, 2.05) is 20.8 Å². The SMILES string of the molecule is CC(C)(C)OC(=O)C[C@@H]1CCC[C@@H]1N. The van der Waals surface area contributed by atoms with E-state index < -0.39 is 0 Å². The summed E-state index contributed by atoms with van der Waals surface area (Å²) in [6, 6.07) is 0.197. The first-order valence-electron chi connectivity index (χ1n) is 5.36. The first-order valence-corrected chi connectivity index (χ1v) is 5.36. The Bertz CT molecular complexity index is 208. The van der Waals surface area contributed by atoms with Crippen molar-refractivity contribution < 1.29 is 9.53 Å². The molecule has 3 nitrogen and oxygen atoms in total. The monoisotopic (exact) mass is 199 g/mol. The molecule has 82 valence electrons. The van der Waals surface area contributed by atoms with E-state index in [1.54, 1.807) is 0 Å². The summed E-state index contributed by atoms with van der Waals surface area (Å²) >= 11 is 0. The van der Waals surface area contributed by atoms with Crippen LogP contribution in [-0.2, 0) is 9.53 Å². The number of rotatable bonds is 2. The lowest BCUT2D eigenvalue weighted by Gasteiger charge is -2.21. The predicted octanol–water partition coefficient (Wildman–Crippen LogP) is 1.85. The maximum Gasteiger partial charge on any atom is 0.306 e. The fourth-order valence-corrected chi connectivity index (χ4v) is 1.92. The molecule has 0 radical (unpaired) electrons. The molecule has 2 atom stereocenters. The third kappa shape index (κ3) is 3.66. The molecule has 1 fully saturated rings.